The Morgan fingerprint density at radius 3 is 2.87 bits per heavy atom. The van der Waals surface area contributed by atoms with Gasteiger partial charge in [0.1, 0.15) is 11.5 Å². The van der Waals surface area contributed by atoms with Crippen LogP contribution in [-0.2, 0) is 0 Å². The van der Waals surface area contributed by atoms with Gasteiger partial charge in [0.05, 0.1) is 23.4 Å². The van der Waals surface area contributed by atoms with E-state index in [1.54, 1.807) is 24.7 Å². The van der Waals surface area contributed by atoms with E-state index >= 15 is 0 Å². The first kappa shape index (κ1) is 19.3. The predicted molar refractivity (Wildman–Crippen MR) is 119 cm³/mol. The number of halogens is 1. The Kier molecular flexibility index (Phi) is 5.48. The smallest absolute Gasteiger partial charge is 0.157 e. The van der Waals surface area contributed by atoms with Crippen LogP contribution in [0.5, 0.6) is 0 Å². The second kappa shape index (κ2) is 8.53. The zero-order chi connectivity index (χ0) is 20.9. The fraction of sp³-hybridized carbons (Fsp3) is 0.0417. The number of rotatable bonds is 6. The third-order valence-corrected chi connectivity index (χ3v) is 4.53. The van der Waals surface area contributed by atoms with E-state index in [4.69, 9.17) is 4.98 Å². The van der Waals surface area contributed by atoms with Gasteiger partial charge in [-0.25, -0.2) is 9.37 Å². The van der Waals surface area contributed by atoms with Crippen molar-refractivity contribution in [2.24, 2.45) is 0 Å². The van der Waals surface area contributed by atoms with Crippen molar-refractivity contribution in [2.45, 2.75) is 6.92 Å². The van der Waals surface area contributed by atoms with E-state index in [9.17, 15) is 4.39 Å². The number of aromatic nitrogens is 5. The molecular formula is C24H20FN5. The van der Waals surface area contributed by atoms with Crippen LogP contribution >= 0.6 is 0 Å². The van der Waals surface area contributed by atoms with Crippen molar-refractivity contribution in [3.05, 3.63) is 96.8 Å². The Labute approximate surface area is 173 Å². The lowest BCUT2D eigenvalue weighted by molar-refractivity contribution is 0.628. The van der Waals surface area contributed by atoms with Gasteiger partial charge in [0.2, 0.25) is 0 Å². The topological polar surface area (TPSA) is 70.2 Å². The van der Waals surface area contributed by atoms with Crippen molar-refractivity contribution in [3.63, 3.8) is 0 Å². The molecule has 0 fully saturated rings. The molecule has 0 unspecified atom stereocenters. The first-order valence-corrected chi connectivity index (χ1v) is 9.45. The summed E-state index contributed by atoms with van der Waals surface area (Å²) in [4.78, 5) is 12.3. The van der Waals surface area contributed by atoms with E-state index in [2.05, 4.69) is 26.7 Å². The number of hydrogen-bond donors (Lipinski definition) is 2. The fourth-order valence-electron chi connectivity index (χ4n) is 3.07. The molecule has 30 heavy (non-hydrogen) atoms. The van der Waals surface area contributed by atoms with E-state index in [1.807, 2.05) is 49.4 Å². The number of allylic oxidation sites excluding steroid dienone is 6. The maximum Gasteiger partial charge on any atom is 0.157 e. The molecule has 6 heteroatoms. The van der Waals surface area contributed by atoms with Gasteiger partial charge in [-0.2, -0.15) is 5.10 Å². The Balaban J connectivity index is 1.70. The molecule has 0 amide bonds. The second-order valence-electron chi connectivity index (χ2n) is 6.67. The highest BCUT2D eigenvalue weighted by atomic mass is 19.1. The minimum atomic E-state index is -0.301. The molecule has 0 saturated heterocycles. The molecule has 0 bridgehead atoms. The van der Waals surface area contributed by atoms with E-state index in [1.165, 1.54) is 12.1 Å². The van der Waals surface area contributed by atoms with Crippen LogP contribution in [0.3, 0.4) is 0 Å². The number of H-pyrrole nitrogens is 2. The largest absolute Gasteiger partial charge is 0.335 e. The molecule has 5 nitrogen and oxygen atoms in total. The lowest BCUT2D eigenvalue weighted by atomic mass is 10.1. The van der Waals surface area contributed by atoms with Gasteiger partial charge in [0, 0.05) is 17.3 Å². The maximum atomic E-state index is 13.7. The SMILES string of the molecule is C=C(/C=C\C=C\C)/C=C/c1cn[nH]c1-c1nc2c(-c3cccc(F)c3)cncc2[nH]1. The molecule has 2 N–H and O–H groups in total. The lowest BCUT2D eigenvalue weighted by Gasteiger charge is -2.01. The molecule has 4 aromatic rings. The van der Waals surface area contributed by atoms with Crippen LogP contribution in [0.25, 0.3) is 39.8 Å². The van der Waals surface area contributed by atoms with Crippen molar-refractivity contribution in [1.29, 1.82) is 0 Å². The van der Waals surface area contributed by atoms with Crippen molar-refractivity contribution in [1.82, 2.24) is 25.1 Å². The molecule has 4 rings (SSSR count). The summed E-state index contributed by atoms with van der Waals surface area (Å²) in [5.74, 6) is 0.327. The Bertz CT molecular complexity index is 1290. The molecule has 0 atom stereocenters. The number of imidazole rings is 1. The number of pyridine rings is 1. The molecule has 0 saturated carbocycles. The van der Waals surface area contributed by atoms with Gasteiger partial charge >= 0.3 is 0 Å². The van der Waals surface area contributed by atoms with Crippen LogP contribution < -0.4 is 0 Å². The first-order chi connectivity index (χ1) is 14.7. The Morgan fingerprint density at radius 2 is 2.03 bits per heavy atom. The summed E-state index contributed by atoms with van der Waals surface area (Å²) in [6.45, 7) is 5.98. The average Bonchev–Trinajstić information content (AvgIpc) is 3.38. The number of benzene rings is 1. The van der Waals surface area contributed by atoms with Crippen LogP contribution in [0.15, 0.2) is 85.4 Å². The van der Waals surface area contributed by atoms with Gasteiger partial charge in [0.15, 0.2) is 5.82 Å². The number of aromatic amines is 2. The van der Waals surface area contributed by atoms with Crippen molar-refractivity contribution >= 4 is 17.1 Å². The van der Waals surface area contributed by atoms with Crippen LogP contribution in [0.1, 0.15) is 12.5 Å². The lowest BCUT2D eigenvalue weighted by Crippen LogP contribution is -1.85. The van der Waals surface area contributed by atoms with Crippen molar-refractivity contribution < 1.29 is 4.39 Å². The minimum Gasteiger partial charge on any atom is -0.335 e. The van der Waals surface area contributed by atoms with Crippen LogP contribution in [0, 0.1) is 5.82 Å². The van der Waals surface area contributed by atoms with E-state index in [0.29, 0.717) is 11.3 Å². The van der Waals surface area contributed by atoms with Crippen LogP contribution in [-0.4, -0.2) is 25.1 Å². The summed E-state index contributed by atoms with van der Waals surface area (Å²) in [7, 11) is 0. The highest BCUT2D eigenvalue weighted by Gasteiger charge is 2.14. The number of nitrogens with zero attached hydrogens (tertiary/aromatic N) is 3. The number of fused-ring (bicyclic) bond motifs is 1. The minimum absolute atomic E-state index is 0.301. The van der Waals surface area contributed by atoms with Gasteiger partial charge in [-0.1, -0.05) is 55.2 Å². The zero-order valence-electron chi connectivity index (χ0n) is 16.4. The summed E-state index contributed by atoms with van der Waals surface area (Å²) in [5.41, 5.74) is 5.44. The summed E-state index contributed by atoms with van der Waals surface area (Å²) in [5, 5.41) is 7.15. The van der Waals surface area contributed by atoms with Crippen molar-refractivity contribution in [3.8, 4) is 22.6 Å². The number of hydrogen-bond acceptors (Lipinski definition) is 3. The standard InChI is InChI=1S/C24H20FN5/c1-3-4-5-7-16(2)10-11-18-13-27-30-22(18)24-28-21-15-26-14-20(23(21)29-24)17-8-6-9-19(25)12-17/h3-15H,2H2,1H3,(H,27,30)(H,28,29)/b4-3+,7-5-,11-10+. The summed E-state index contributed by atoms with van der Waals surface area (Å²) < 4.78 is 13.7. The molecule has 0 radical (unpaired) electrons. The van der Waals surface area contributed by atoms with Crippen molar-refractivity contribution in [2.75, 3.05) is 0 Å². The molecule has 0 aliphatic rings. The summed E-state index contributed by atoms with van der Waals surface area (Å²) in [6.07, 6.45) is 16.7. The molecule has 3 aromatic heterocycles. The molecule has 1 aromatic carbocycles. The van der Waals surface area contributed by atoms with Crippen LogP contribution in [0.4, 0.5) is 4.39 Å². The predicted octanol–water partition coefficient (Wildman–Crippen LogP) is 5.86. The van der Waals surface area contributed by atoms with Gasteiger partial charge in [-0.05, 0) is 30.2 Å². The number of nitrogens with one attached hydrogen (secondary N) is 2. The molecular weight excluding hydrogens is 377 g/mol. The third-order valence-electron chi connectivity index (χ3n) is 4.53. The maximum absolute atomic E-state index is 13.7. The summed E-state index contributed by atoms with van der Waals surface area (Å²) in [6, 6.07) is 6.40. The van der Waals surface area contributed by atoms with Gasteiger partial charge in [-0.15, -0.1) is 0 Å². The monoisotopic (exact) mass is 397 g/mol. The second-order valence-corrected chi connectivity index (χ2v) is 6.67. The van der Waals surface area contributed by atoms with Crippen LogP contribution in [0.2, 0.25) is 0 Å². The molecule has 0 aliphatic carbocycles. The van der Waals surface area contributed by atoms with Gasteiger partial charge < -0.3 is 4.98 Å². The quantitative estimate of drug-likeness (QED) is 0.401. The highest BCUT2D eigenvalue weighted by molar-refractivity contribution is 5.93. The van der Waals surface area contributed by atoms with E-state index in [-0.39, 0.29) is 5.82 Å². The third kappa shape index (κ3) is 4.03. The summed E-state index contributed by atoms with van der Waals surface area (Å²) >= 11 is 0. The average molecular weight is 397 g/mol. The normalized spacial score (nSPS) is 12.1. The fourth-order valence-corrected chi connectivity index (χ4v) is 3.07. The highest BCUT2D eigenvalue weighted by Crippen LogP contribution is 2.29. The molecule has 148 valence electrons. The van der Waals surface area contributed by atoms with E-state index in [0.717, 1.165) is 33.5 Å². The Hall–Kier alpha value is -4.06. The Morgan fingerprint density at radius 1 is 1.13 bits per heavy atom. The molecule has 0 spiro atoms. The first-order valence-electron chi connectivity index (χ1n) is 9.45. The zero-order valence-corrected chi connectivity index (χ0v) is 16.4. The van der Waals surface area contributed by atoms with E-state index < -0.39 is 0 Å². The molecule has 0 aliphatic heterocycles. The van der Waals surface area contributed by atoms with Gasteiger partial charge in [-0.3, -0.25) is 10.1 Å². The molecule has 3 heterocycles. The van der Waals surface area contributed by atoms with Gasteiger partial charge in [0.25, 0.3) is 0 Å².